The molecule has 1 fully saturated rings. The van der Waals surface area contributed by atoms with Crippen molar-refractivity contribution in [3.8, 4) is 0 Å². The molecule has 0 spiro atoms. The molecule has 1 atom stereocenters. The van der Waals surface area contributed by atoms with E-state index in [9.17, 15) is 18.5 Å². The van der Waals surface area contributed by atoms with Crippen molar-refractivity contribution >= 4 is 21.2 Å². The number of ether oxygens (including phenoxy) is 1. The number of rotatable bonds is 5. The van der Waals surface area contributed by atoms with Crippen LogP contribution in [0.4, 0.5) is 11.4 Å². The molecule has 2 rings (SSSR count). The summed E-state index contributed by atoms with van der Waals surface area (Å²) < 4.78 is 29.0. The van der Waals surface area contributed by atoms with Gasteiger partial charge in [0.05, 0.1) is 11.5 Å². The SMILES string of the molecule is CN(CC1CCCOC1)c1cccc(S(C)(=O)=O)c1[N+](=O)[O-]. The highest BCUT2D eigenvalue weighted by molar-refractivity contribution is 7.90. The second-order valence-corrected chi connectivity index (χ2v) is 7.60. The van der Waals surface area contributed by atoms with Gasteiger partial charge >= 0.3 is 5.69 Å². The number of benzene rings is 1. The van der Waals surface area contributed by atoms with E-state index >= 15 is 0 Å². The number of nitrogens with zero attached hydrogens (tertiary/aromatic N) is 2. The second-order valence-electron chi connectivity index (χ2n) is 5.62. The van der Waals surface area contributed by atoms with Gasteiger partial charge < -0.3 is 9.64 Å². The lowest BCUT2D eigenvalue weighted by atomic mass is 10.0. The van der Waals surface area contributed by atoms with Gasteiger partial charge in [0.15, 0.2) is 9.84 Å². The van der Waals surface area contributed by atoms with E-state index in [1.54, 1.807) is 18.0 Å². The lowest BCUT2D eigenvalue weighted by Gasteiger charge is -2.28. The summed E-state index contributed by atoms with van der Waals surface area (Å²) in [7, 11) is -1.92. The van der Waals surface area contributed by atoms with Crippen molar-refractivity contribution in [1.82, 2.24) is 0 Å². The van der Waals surface area contributed by atoms with E-state index in [2.05, 4.69) is 0 Å². The van der Waals surface area contributed by atoms with Crippen LogP contribution in [0.15, 0.2) is 23.1 Å². The first-order valence-electron chi connectivity index (χ1n) is 7.07. The molecule has 7 nitrogen and oxygen atoms in total. The minimum atomic E-state index is -3.66. The first-order chi connectivity index (χ1) is 10.3. The van der Waals surface area contributed by atoms with E-state index in [4.69, 9.17) is 4.74 Å². The van der Waals surface area contributed by atoms with E-state index < -0.39 is 14.8 Å². The highest BCUT2D eigenvalue weighted by atomic mass is 32.2. The topological polar surface area (TPSA) is 89.8 Å². The van der Waals surface area contributed by atoms with Crippen LogP contribution in [0.1, 0.15) is 12.8 Å². The molecule has 1 aromatic rings. The van der Waals surface area contributed by atoms with Crippen LogP contribution >= 0.6 is 0 Å². The Morgan fingerprint density at radius 1 is 1.45 bits per heavy atom. The number of hydrogen-bond acceptors (Lipinski definition) is 6. The smallest absolute Gasteiger partial charge is 0.311 e. The van der Waals surface area contributed by atoms with Gasteiger partial charge in [-0.15, -0.1) is 0 Å². The Hall–Kier alpha value is -1.67. The van der Waals surface area contributed by atoms with Crippen molar-refractivity contribution in [3.63, 3.8) is 0 Å². The van der Waals surface area contributed by atoms with Crippen molar-refractivity contribution in [2.75, 3.05) is 38.0 Å². The molecule has 0 aliphatic carbocycles. The van der Waals surface area contributed by atoms with Crippen LogP contribution in [0, 0.1) is 16.0 Å². The monoisotopic (exact) mass is 328 g/mol. The van der Waals surface area contributed by atoms with Gasteiger partial charge in [0.1, 0.15) is 10.6 Å². The molecule has 0 amide bonds. The first-order valence-corrected chi connectivity index (χ1v) is 8.96. The van der Waals surface area contributed by atoms with E-state index in [0.717, 1.165) is 25.7 Å². The summed E-state index contributed by atoms with van der Waals surface area (Å²) >= 11 is 0. The Labute approximate surface area is 129 Å². The van der Waals surface area contributed by atoms with Gasteiger partial charge in [-0.3, -0.25) is 10.1 Å². The first kappa shape index (κ1) is 16.7. The van der Waals surface area contributed by atoms with Crippen LogP contribution in [0.5, 0.6) is 0 Å². The maximum absolute atomic E-state index is 11.8. The van der Waals surface area contributed by atoms with Crippen LogP contribution in [-0.4, -0.2) is 46.4 Å². The Balaban J connectivity index is 2.35. The number of anilines is 1. The molecule has 0 N–H and O–H groups in total. The number of para-hydroxylation sites is 1. The predicted molar refractivity (Wildman–Crippen MR) is 83.0 cm³/mol. The molecule has 0 aromatic heterocycles. The fourth-order valence-corrected chi connectivity index (χ4v) is 3.59. The van der Waals surface area contributed by atoms with Crippen molar-refractivity contribution in [2.45, 2.75) is 17.7 Å². The maximum Gasteiger partial charge on any atom is 0.311 e. The lowest BCUT2D eigenvalue weighted by molar-refractivity contribution is -0.387. The molecule has 1 unspecified atom stereocenters. The highest BCUT2D eigenvalue weighted by Crippen LogP contribution is 2.34. The zero-order valence-electron chi connectivity index (χ0n) is 12.7. The molecule has 0 bridgehead atoms. The Morgan fingerprint density at radius 2 is 2.18 bits per heavy atom. The number of hydrogen-bond donors (Lipinski definition) is 0. The third-order valence-electron chi connectivity index (χ3n) is 3.76. The van der Waals surface area contributed by atoms with Crippen molar-refractivity contribution in [2.24, 2.45) is 5.92 Å². The molecular formula is C14H20N2O5S. The second kappa shape index (κ2) is 6.62. The molecule has 122 valence electrons. The Morgan fingerprint density at radius 3 is 2.73 bits per heavy atom. The Kier molecular flexibility index (Phi) is 5.02. The molecule has 1 aromatic carbocycles. The molecular weight excluding hydrogens is 308 g/mol. The van der Waals surface area contributed by atoms with Crippen molar-refractivity contribution in [1.29, 1.82) is 0 Å². The molecule has 1 aliphatic rings. The van der Waals surface area contributed by atoms with E-state index in [1.807, 2.05) is 0 Å². The summed E-state index contributed by atoms with van der Waals surface area (Å²) in [6.45, 7) is 1.97. The fourth-order valence-electron chi connectivity index (χ4n) is 2.74. The van der Waals surface area contributed by atoms with Gasteiger partial charge in [-0.2, -0.15) is 0 Å². The van der Waals surface area contributed by atoms with E-state index in [1.165, 1.54) is 12.1 Å². The third-order valence-corrected chi connectivity index (χ3v) is 4.89. The average molecular weight is 328 g/mol. The summed E-state index contributed by atoms with van der Waals surface area (Å²) in [5.74, 6) is 0.292. The van der Waals surface area contributed by atoms with Crippen LogP contribution in [0.3, 0.4) is 0 Å². The summed E-state index contributed by atoms with van der Waals surface area (Å²) in [6, 6.07) is 4.39. The zero-order chi connectivity index (χ0) is 16.3. The predicted octanol–water partition coefficient (Wildman–Crippen LogP) is 1.86. The molecule has 22 heavy (non-hydrogen) atoms. The molecule has 1 saturated heterocycles. The Bertz CT molecular complexity index is 653. The number of sulfone groups is 1. The molecule has 1 aliphatic heterocycles. The van der Waals surface area contributed by atoms with Crippen LogP contribution in [-0.2, 0) is 14.6 Å². The normalized spacial score (nSPS) is 18.9. The molecule has 1 heterocycles. The molecule has 8 heteroatoms. The number of nitro groups is 1. The van der Waals surface area contributed by atoms with Gasteiger partial charge in [0.2, 0.25) is 0 Å². The minimum absolute atomic E-state index is 0.248. The fraction of sp³-hybridized carbons (Fsp3) is 0.571. The van der Waals surface area contributed by atoms with E-state index in [0.29, 0.717) is 24.8 Å². The number of nitro benzene ring substituents is 1. The van der Waals surface area contributed by atoms with Gasteiger partial charge in [0.25, 0.3) is 0 Å². The minimum Gasteiger partial charge on any atom is -0.381 e. The highest BCUT2D eigenvalue weighted by Gasteiger charge is 2.28. The van der Waals surface area contributed by atoms with Crippen molar-refractivity contribution < 1.29 is 18.1 Å². The largest absolute Gasteiger partial charge is 0.381 e. The quantitative estimate of drug-likeness (QED) is 0.605. The van der Waals surface area contributed by atoms with Gasteiger partial charge in [-0.25, -0.2) is 8.42 Å². The van der Waals surface area contributed by atoms with Gasteiger partial charge in [-0.05, 0) is 30.9 Å². The van der Waals surface area contributed by atoms with Crippen LogP contribution in [0.25, 0.3) is 0 Å². The summed E-state index contributed by atoms with van der Waals surface area (Å²) in [5, 5.41) is 11.4. The molecule has 0 saturated carbocycles. The molecule has 0 radical (unpaired) electrons. The summed E-state index contributed by atoms with van der Waals surface area (Å²) in [5.41, 5.74) is -0.0391. The average Bonchev–Trinajstić information content (AvgIpc) is 2.46. The lowest BCUT2D eigenvalue weighted by Crippen LogP contribution is -2.31. The maximum atomic E-state index is 11.8. The summed E-state index contributed by atoms with van der Waals surface area (Å²) in [4.78, 5) is 12.2. The summed E-state index contributed by atoms with van der Waals surface area (Å²) in [6.07, 6.45) is 2.96. The van der Waals surface area contributed by atoms with Gasteiger partial charge in [-0.1, -0.05) is 6.07 Å². The standard InChI is InChI=1S/C14H20N2O5S/c1-15(9-11-5-4-8-21-10-11)12-6-3-7-13(22(2,19)20)14(12)16(17)18/h3,6-7,11H,4-5,8-10H2,1-2H3. The van der Waals surface area contributed by atoms with Crippen LogP contribution < -0.4 is 4.90 Å². The zero-order valence-corrected chi connectivity index (χ0v) is 13.5. The van der Waals surface area contributed by atoms with Crippen molar-refractivity contribution in [3.05, 3.63) is 28.3 Å². The van der Waals surface area contributed by atoms with Gasteiger partial charge in [0, 0.05) is 26.5 Å². The third kappa shape index (κ3) is 3.75. The van der Waals surface area contributed by atoms with E-state index in [-0.39, 0.29) is 10.6 Å². The van der Waals surface area contributed by atoms with Crippen LogP contribution in [0.2, 0.25) is 0 Å².